The number of thiazole rings is 1. The third-order valence-corrected chi connectivity index (χ3v) is 6.18. The first-order chi connectivity index (χ1) is 11.2. The Morgan fingerprint density at radius 2 is 2.22 bits per heavy atom. The lowest BCUT2D eigenvalue weighted by atomic mass is 9.81. The predicted molar refractivity (Wildman–Crippen MR) is 90.2 cm³/mol. The minimum Gasteiger partial charge on any atom is -0.481 e. The maximum atomic E-state index is 11.8. The second-order valence-electron chi connectivity index (χ2n) is 6.71. The summed E-state index contributed by atoms with van der Waals surface area (Å²) in [6, 6.07) is 10.2. The van der Waals surface area contributed by atoms with Crippen LogP contribution in [0.15, 0.2) is 35.7 Å². The van der Waals surface area contributed by atoms with E-state index in [0.29, 0.717) is 12.5 Å². The summed E-state index contributed by atoms with van der Waals surface area (Å²) in [5.74, 6) is -0.292. The first kappa shape index (κ1) is 14.8. The fraction of sp³-hybridized carbons (Fsp3) is 0.444. The molecule has 1 saturated heterocycles. The van der Waals surface area contributed by atoms with Gasteiger partial charge in [0.1, 0.15) is 5.01 Å². The highest BCUT2D eigenvalue weighted by Crippen LogP contribution is 2.49. The molecule has 1 aliphatic heterocycles. The van der Waals surface area contributed by atoms with Gasteiger partial charge in [-0.1, -0.05) is 36.8 Å². The van der Waals surface area contributed by atoms with Gasteiger partial charge in [-0.3, -0.25) is 9.69 Å². The Hall–Kier alpha value is -1.72. The molecule has 1 N–H and O–H groups in total. The van der Waals surface area contributed by atoms with Gasteiger partial charge in [0, 0.05) is 24.0 Å². The summed E-state index contributed by atoms with van der Waals surface area (Å²) in [6.45, 7) is 2.34. The molecule has 0 bridgehead atoms. The quantitative estimate of drug-likeness (QED) is 0.933. The van der Waals surface area contributed by atoms with Crippen LogP contribution < -0.4 is 0 Å². The maximum absolute atomic E-state index is 11.8. The molecule has 0 spiro atoms. The molecule has 2 heterocycles. The van der Waals surface area contributed by atoms with Crippen molar-refractivity contribution in [3.8, 4) is 11.3 Å². The van der Waals surface area contributed by atoms with Gasteiger partial charge in [0.05, 0.1) is 17.7 Å². The van der Waals surface area contributed by atoms with Crippen molar-refractivity contribution < 1.29 is 9.90 Å². The molecule has 120 valence electrons. The zero-order valence-electron chi connectivity index (χ0n) is 12.9. The molecule has 4 rings (SSSR count). The number of hydrogen-bond donors (Lipinski definition) is 1. The number of nitrogens with zero attached hydrogens (tertiary/aromatic N) is 2. The van der Waals surface area contributed by atoms with Crippen LogP contribution in [-0.4, -0.2) is 34.0 Å². The van der Waals surface area contributed by atoms with Crippen molar-refractivity contribution in [2.24, 2.45) is 11.3 Å². The molecule has 0 radical (unpaired) electrons. The Labute approximate surface area is 139 Å². The molecule has 5 heteroatoms. The average molecular weight is 328 g/mol. The van der Waals surface area contributed by atoms with Crippen LogP contribution in [0.25, 0.3) is 11.3 Å². The maximum Gasteiger partial charge on any atom is 0.311 e. The van der Waals surface area contributed by atoms with Crippen LogP contribution in [0.4, 0.5) is 0 Å². The molecule has 1 saturated carbocycles. The molecule has 2 fully saturated rings. The van der Waals surface area contributed by atoms with Crippen molar-refractivity contribution in [2.75, 3.05) is 13.1 Å². The van der Waals surface area contributed by atoms with Crippen molar-refractivity contribution in [3.63, 3.8) is 0 Å². The molecule has 1 aromatic carbocycles. The summed E-state index contributed by atoms with van der Waals surface area (Å²) >= 11 is 1.67. The normalized spacial score (nSPS) is 27.2. The van der Waals surface area contributed by atoms with E-state index in [0.717, 1.165) is 48.6 Å². The predicted octanol–water partition coefficient (Wildman–Crippen LogP) is 3.50. The molecular formula is C18H20N2O2S. The Morgan fingerprint density at radius 1 is 1.39 bits per heavy atom. The molecule has 2 aromatic rings. The van der Waals surface area contributed by atoms with Crippen molar-refractivity contribution in [3.05, 3.63) is 40.7 Å². The minimum atomic E-state index is -0.605. The van der Waals surface area contributed by atoms with Crippen molar-refractivity contribution >= 4 is 17.3 Å². The van der Waals surface area contributed by atoms with E-state index in [2.05, 4.69) is 22.4 Å². The number of rotatable bonds is 4. The first-order valence-electron chi connectivity index (χ1n) is 8.13. The Balaban J connectivity index is 1.48. The van der Waals surface area contributed by atoms with E-state index in [1.807, 2.05) is 18.2 Å². The second-order valence-corrected chi connectivity index (χ2v) is 7.66. The molecule has 4 nitrogen and oxygen atoms in total. The lowest BCUT2D eigenvalue weighted by molar-refractivity contribution is -0.149. The van der Waals surface area contributed by atoms with Crippen LogP contribution in [0.3, 0.4) is 0 Å². The summed E-state index contributed by atoms with van der Waals surface area (Å²) in [6.07, 6.45) is 2.94. The van der Waals surface area contributed by atoms with E-state index >= 15 is 0 Å². The average Bonchev–Trinajstić information content (AvgIpc) is 3.22. The third-order valence-electron chi connectivity index (χ3n) is 5.35. The summed E-state index contributed by atoms with van der Waals surface area (Å²) < 4.78 is 0. The summed E-state index contributed by atoms with van der Waals surface area (Å²) in [7, 11) is 0. The number of aromatic nitrogens is 1. The van der Waals surface area contributed by atoms with E-state index in [1.165, 1.54) is 0 Å². The van der Waals surface area contributed by atoms with Crippen LogP contribution in [0.2, 0.25) is 0 Å². The number of fused-ring (bicyclic) bond motifs is 1. The Morgan fingerprint density at radius 3 is 2.96 bits per heavy atom. The largest absolute Gasteiger partial charge is 0.481 e. The monoisotopic (exact) mass is 328 g/mol. The minimum absolute atomic E-state index is 0.313. The lowest BCUT2D eigenvalue weighted by Crippen LogP contribution is -2.35. The standard InChI is InChI=1S/C18H20N2O2S/c21-17(22)18-8-4-7-14(18)9-20(12-18)10-16-19-15(11-23-16)13-5-2-1-3-6-13/h1-3,5-6,11,14H,4,7-10,12H2,(H,21,22)/t14-,18+/m0/s1. The van der Waals surface area contributed by atoms with E-state index in [9.17, 15) is 9.90 Å². The van der Waals surface area contributed by atoms with Gasteiger partial charge in [0.25, 0.3) is 0 Å². The number of hydrogen-bond acceptors (Lipinski definition) is 4. The summed E-state index contributed by atoms with van der Waals surface area (Å²) in [4.78, 5) is 18.8. The van der Waals surface area contributed by atoms with Crippen LogP contribution in [0, 0.1) is 11.3 Å². The molecule has 1 aliphatic carbocycles. The summed E-state index contributed by atoms with van der Waals surface area (Å²) in [5.41, 5.74) is 1.65. The van der Waals surface area contributed by atoms with Gasteiger partial charge >= 0.3 is 5.97 Å². The molecule has 23 heavy (non-hydrogen) atoms. The molecule has 0 unspecified atom stereocenters. The van der Waals surface area contributed by atoms with Crippen molar-refractivity contribution in [2.45, 2.75) is 25.8 Å². The van der Waals surface area contributed by atoms with E-state index in [4.69, 9.17) is 4.98 Å². The zero-order chi connectivity index (χ0) is 15.9. The van der Waals surface area contributed by atoms with Crippen molar-refractivity contribution in [1.82, 2.24) is 9.88 Å². The van der Waals surface area contributed by atoms with E-state index in [-0.39, 0.29) is 0 Å². The van der Waals surface area contributed by atoms with Crippen LogP contribution in [-0.2, 0) is 11.3 Å². The Kier molecular flexibility index (Phi) is 3.70. The Bertz CT molecular complexity index is 715. The van der Waals surface area contributed by atoms with E-state index in [1.54, 1.807) is 11.3 Å². The lowest BCUT2D eigenvalue weighted by Gasteiger charge is -2.23. The fourth-order valence-corrected chi connectivity index (χ4v) is 5.02. The van der Waals surface area contributed by atoms with Gasteiger partial charge in [-0.25, -0.2) is 4.98 Å². The molecule has 0 amide bonds. The highest BCUT2D eigenvalue weighted by Gasteiger charge is 2.54. The topological polar surface area (TPSA) is 53.4 Å². The fourth-order valence-electron chi connectivity index (χ4n) is 4.18. The molecule has 2 aliphatic rings. The SMILES string of the molecule is O=C(O)[C@@]12CCC[C@H]1CN(Cc1nc(-c3ccccc3)cs1)C2. The van der Waals surface area contributed by atoms with Gasteiger partial charge in [0.2, 0.25) is 0 Å². The smallest absolute Gasteiger partial charge is 0.311 e. The highest BCUT2D eigenvalue weighted by atomic mass is 32.1. The van der Waals surface area contributed by atoms with Gasteiger partial charge in [-0.05, 0) is 18.8 Å². The number of benzene rings is 1. The van der Waals surface area contributed by atoms with Gasteiger partial charge in [0.15, 0.2) is 0 Å². The van der Waals surface area contributed by atoms with Crippen LogP contribution in [0.5, 0.6) is 0 Å². The number of carboxylic acids is 1. The van der Waals surface area contributed by atoms with Crippen LogP contribution in [0.1, 0.15) is 24.3 Å². The zero-order valence-corrected chi connectivity index (χ0v) is 13.8. The number of aliphatic carboxylic acids is 1. The number of carboxylic acid groups (broad SMARTS) is 1. The summed E-state index contributed by atoms with van der Waals surface area (Å²) in [5, 5.41) is 12.8. The van der Waals surface area contributed by atoms with Gasteiger partial charge < -0.3 is 5.11 Å². The number of carbonyl (C=O) groups is 1. The molecule has 2 atom stereocenters. The highest BCUT2D eigenvalue weighted by molar-refractivity contribution is 7.09. The third kappa shape index (κ3) is 2.58. The second kappa shape index (κ2) is 5.73. The number of likely N-dealkylation sites (tertiary alicyclic amines) is 1. The molecular weight excluding hydrogens is 308 g/mol. The van der Waals surface area contributed by atoms with Crippen molar-refractivity contribution in [1.29, 1.82) is 0 Å². The molecule has 1 aromatic heterocycles. The van der Waals surface area contributed by atoms with Gasteiger partial charge in [-0.15, -0.1) is 11.3 Å². The van der Waals surface area contributed by atoms with Gasteiger partial charge in [-0.2, -0.15) is 0 Å². The first-order valence-corrected chi connectivity index (χ1v) is 9.01. The van der Waals surface area contributed by atoms with Crippen LogP contribution >= 0.6 is 11.3 Å². The van der Waals surface area contributed by atoms with E-state index < -0.39 is 11.4 Å².